The van der Waals surface area contributed by atoms with E-state index in [1.54, 1.807) is 7.11 Å². The summed E-state index contributed by atoms with van der Waals surface area (Å²) < 4.78 is 16.6. The summed E-state index contributed by atoms with van der Waals surface area (Å²) in [5.41, 5.74) is 1.50. The van der Waals surface area contributed by atoms with E-state index < -0.39 is 11.4 Å². The molecule has 0 spiro atoms. The Hall–Kier alpha value is -2.05. The van der Waals surface area contributed by atoms with E-state index in [4.69, 9.17) is 14.2 Å². The number of fused-ring (bicyclic) bond motifs is 2. The molecule has 1 N–H and O–H groups in total. The van der Waals surface area contributed by atoms with E-state index in [2.05, 4.69) is 11.0 Å². The fourth-order valence-electron chi connectivity index (χ4n) is 4.23. The van der Waals surface area contributed by atoms with Crippen molar-refractivity contribution < 1.29 is 24.1 Å². The smallest absolute Gasteiger partial charge is 0.311 e. The van der Waals surface area contributed by atoms with Crippen molar-refractivity contribution in [2.45, 2.75) is 6.42 Å². The van der Waals surface area contributed by atoms with Crippen LogP contribution in [0.15, 0.2) is 23.8 Å². The highest BCUT2D eigenvalue weighted by Gasteiger charge is 2.53. The van der Waals surface area contributed by atoms with Crippen molar-refractivity contribution in [2.24, 2.45) is 11.3 Å². The lowest BCUT2D eigenvalue weighted by molar-refractivity contribution is -0.157. The number of likely N-dealkylation sites (tertiary alicyclic amines) is 1. The second-order valence-corrected chi connectivity index (χ2v) is 7.15. The van der Waals surface area contributed by atoms with E-state index in [9.17, 15) is 9.90 Å². The Morgan fingerprint density at radius 1 is 1.48 bits per heavy atom. The molecule has 0 radical (unpaired) electrons. The van der Waals surface area contributed by atoms with Crippen molar-refractivity contribution in [1.29, 1.82) is 0 Å². The number of hydrogen-bond acceptors (Lipinski definition) is 5. The minimum atomic E-state index is -0.688. The molecule has 3 aliphatic rings. The Bertz CT molecular complexity index is 716. The summed E-state index contributed by atoms with van der Waals surface area (Å²) in [6.07, 6.45) is 2.73. The summed E-state index contributed by atoms with van der Waals surface area (Å²) in [6, 6.07) is 5.77. The van der Waals surface area contributed by atoms with Crippen LogP contribution in [0.4, 0.5) is 0 Å². The van der Waals surface area contributed by atoms with Gasteiger partial charge in [-0.25, -0.2) is 0 Å². The van der Waals surface area contributed by atoms with Crippen LogP contribution in [0.5, 0.6) is 11.5 Å². The third-order valence-electron chi connectivity index (χ3n) is 5.62. The monoisotopic (exact) mass is 345 g/mol. The first-order chi connectivity index (χ1) is 12.1. The van der Waals surface area contributed by atoms with Crippen LogP contribution in [-0.2, 0) is 9.53 Å². The van der Waals surface area contributed by atoms with Crippen LogP contribution in [0, 0.1) is 11.3 Å². The molecular weight excluding hydrogens is 322 g/mol. The number of aliphatic carboxylic acids is 1. The summed E-state index contributed by atoms with van der Waals surface area (Å²) in [6.45, 7) is 3.68. The molecule has 2 fully saturated rings. The van der Waals surface area contributed by atoms with Crippen LogP contribution >= 0.6 is 0 Å². The maximum absolute atomic E-state index is 11.9. The molecule has 1 aromatic rings. The highest BCUT2D eigenvalue weighted by molar-refractivity contribution is 5.76. The van der Waals surface area contributed by atoms with Crippen molar-refractivity contribution in [3.8, 4) is 11.5 Å². The van der Waals surface area contributed by atoms with Gasteiger partial charge in [-0.2, -0.15) is 0 Å². The number of methoxy groups -OCH3 is 1. The largest absolute Gasteiger partial charge is 0.497 e. The van der Waals surface area contributed by atoms with Crippen LogP contribution in [-0.4, -0.2) is 62.5 Å². The highest BCUT2D eigenvalue weighted by atomic mass is 16.5. The molecule has 4 rings (SSSR count). The predicted molar refractivity (Wildman–Crippen MR) is 91.9 cm³/mol. The van der Waals surface area contributed by atoms with Gasteiger partial charge in [-0.05, 0) is 36.3 Å². The topological polar surface area (TPSA) is 68.2 Å². The van der Waals surface area contributed by atoms with Gasteiger partial charge in [0.1, 0.15) is 18.1 Å². The van der Waals surface area contributed by atoms with Crippen molar-refractivity contribution in [1.82, 2.24) is 4.90 Å². The Labute approximate surface area is 147 Å². The number of carboxylic acids is 1. The Balaban J connectivity index is 1.51. The summed E-state index contributed by atoms with van der Waals surface area (Å²) >= 11 is 0. The molecule has 3 aliphatic heterocycles. The van der Waals surface area contributed by atoms with Crippen molar-refractivity contribution in [3.63, 3.8) is 0 Å². The minimum absolute atomic E-state index is 0.0660. The number of carbonyl (C=O) groups is 1. The van der Waals surface area contributed by atoms with Gasteiger partial charge < -0.3 is 19.3 Å². The van der Waals surface area contributed by atoms with Crippen LogP contribution in [0.3, 0.4) is 0 Å². The van der Waals surface area contributed by atoms with Gasteiger partial charge in [0.2, 0.25) is 0 Å². The maximum Gasteiger partial charge on any atom is 0.311 e. The third kappa shape index (κ3) is 2.89. The zero-order chi connectivity index (χ0) is 17.4. The minimum Gasteiger partial charge on any atom is -0.497 e. The lowest BCUT2D eigenvalue weighted by Gasteiger charge is -2.34. The number of nitrogens with zero attached hydrogens (tertiary/aromatic N) is 1. The highest BCUT2D eigenvalue weighted by Crippen LogP contribution is 2.43. The molecule has 0 bridgehead atoms. The molecule has 2 saturated heterocycles. The molecule has 1 aromatic carbocycles. The predicted octanol–water partition coefficient (Wildman–Crippen LogP) is 1.89. The standard InChI is InChI=1S/C19H23NO5/c1-23-16-2-3-17-14(7-16)6-13(10-25-17)8-20-9-15-11-24-5-4-19(15,12-20)18(21)22/h2-3,6-7,15H,4-5,8-12H2,1H3,(H,21,22)/t15-,19+/m1/s1. The van der Waals surface area contributed by atoms with Crippen LogP contribution < -0.4 is 9.47 Å². The molecular formula is C19H23NO5. The summed E-state index contributed by atoms with van der Waals surface area (Å²) in [7, 11) is 1.65. The van der Waals surface area contributed by atoms with Gasteiger partial charge in [-0.15, -0.1) is 0 Å². The summed E-state index contributed by atoms with van der Waals surface area (Å²) in [5.74, 6) is 1.03. The number of ether oxygens (including phenoxy) is 3. The molecule has 6 heteroatoms. The molecule has 6 nitrogen and oxygen atoms in total. The van der Waals surface area contributed by atoms with Gasteiger partial charge in [0, 0.05) is 37.7 Å². The van der Waals surface area contributed by atoms with E-state index in [1.165, 1.54) is 0 Å². The van der Waals surface area contributed by atoms with Crippen molar-refractivity contribution in [2.75, 3.05) is 46.6 Å². The molecule has 2 atom stereocenters. The quantitative estimate of drug-likeness (QED) is 0.899. The molecule has 0 saturated carbocycles. The van der Waals surface area contributed by atoms with Crippen LogP contribution in [0.25, 0.3) is 6.08 Å². The van der Waals surface area contributed by atoms with Gasteiger partial charge in [-0.1, -0.05) is 0 Å². The molecule has 25 heavy (non-hydrogen) atoms. The lowest BCUT2D eigenvalue weighted by atomic mass is 9.74. The van der Waals surface area contributed by atoms with Gasteiger partial charge in [-0.3, -0.25) is 9.69 Å². The fraction of sp³-hybridized carbons (Fsp3) is 0.526. The average molecular weight is 345 g/mol. The summed E-state index contributed by atoms with van der Waals surface area (Å²) in [4.78, 5) is 14.1. The number of hydrogen-bond donors (Lipinski definition) is 1. The van der Waals surface area contributed by atoms with Crippen molar-refractivity contribution >= 4 is 12.0 Å². The van der Waals surface area contributed by atoms with Gasteiger partial charge in [0.05, 0.1) is 19.1 Å². The molecule has 0 unspecified atom stereocenters. The first kappa shape index (κ1) is 16.4. The lowest BCUT2D eigenvalue weighted by Crippen LogP contribution is -2.44. The first-order valence-electron chi connectivity index (χ1n) is 8.64. The average Bonchev–Trinajstić information content (AvgIpc) is 3.00. The van der Waals surface area contributed by atoms with E-state index in [0.29, 0.717) is 32.8 Å². The van der Waals surface area contributed by atoms with Crippen molar-refractivity contribution in [3.05, 3.63) is 29.3 Å². The van der Waals surface area contributed by atoms with E-state index in [-0.39, 0.29) is 5.92 Å². The van der Waals surface area contributed by atoms with Crippen LogP contribution in [0.1, 0.15) is 12.0 Å². The Morgan fingerprint density at radius 2 is 2.36 bits per heavy atom. The van der Waals surface area contributed by atoms with Crippen LogP contribution in [0.2, 0.25) is 0 Å². The van der Waals surface area contributed by atoms with E-state index in [1.807, 2.05) is 18.2 Å². The van der Waals surface area contributed by atoms with Gasteiger partial charge in [0.15, 0.2) is 0 Å². The number of rotatable bonds is 4. The van der Waals surface area contributed by atoms with E-state index in [0.717, 1.165) is 35.7 Å². The number of benzene rings is 1. The zero-order valence-electron chi connectivity index (χ0n) is 14.4. The SMILES string of the molecule is COc1ccc2c(c1)C=C(CN1C[C@@H]3COCC[C@]3(C(=O)O)C1)CO2. The molecule has 0 amide bonds. The second kappa shape index (κ2) is 6.35. The second-order valence-electron chi connectivity index (χ2n) is 7.15. The summed E-state index contributed by atoms with van der Waals surface area (Å²) in [5, 5.41) is 9.78. The molecule has 0 aromatic heterocycles. The normalized spacial score (nSPS) is 28.5. The zero-order valence-corrected chi connectivity index (χ0v) is 14.4. The first-order valence-corrected chi connectivity index (χ1v) is 8.64. The van der Waals surface area contributed by atoms with Gasteiger partial charge >= 0.3 is 5.97 Å². The van der Waals surface area contributed by atoms with Gasteiger partial charge in [0.25, 0.3) is 0 Å². The molecule has 0 aliphatic carbocycles. The molecule has 134 valence electrons. The third-order valence-corrected chi connectivity index (χ3v) is 5.62. The van der Waals surface area contributed by atoms with E-state index >= 15 is 0 Å². The maximum atomic E-state index is 11.9. The Kier molecular flexibility index (Phi) is 4.17. The number of carboxylic acid groups (broad SMARTS) is 1. The fourth-order valence-corrected chi connectivity index (χ4v) is 4.23. The molecule has 3 heterocycles. The Morgan fingerprint density at radius 3 is 3.12 bits per heavy atom.